The zero-order valence-electron chi connectivity index (χ0n) is 11.6. The van der Waals surface area contributed by atoms with E-state index in [2.05, 4.69) is 4.98 Å². The van der Waals surface area contributed by atoms with Crippen molar-refractivity contribution in [2.24, 2.45) is 5.73 Å². The Balaban J connectivity index is 2.03. The molecule has 0 aliphatic heterocycles. The summed E-state index contributed by atoms with van der Waals surface area (Å²) in [5, 5.41) is 7.48. The van der Waals surface area contributed by atoms with Crippen molar-refractivity contribution in [3.8, 4) is 11.5 Å². The van der Waals surface area contributed by atoms with Gasteiger partial charge in [0.15, 0.2) is 0 Å². The number of hydrogen-bond donors (Lipinski definition) is 2. The van der Waals surface area contributed by atoms with Crippen LogP contribution in [-0.4, -0.2) is 29.1 Å². The molecule has 1 aromatic heterocycles. The summed E-state index contributed by atoms with van der Waals surface area (Å²) in [6, 6.07) is 5.20. The number of rotatable bonds is 6. The van der Waals surface area contributed by atoms with E-state index < -0.39 is 0 Å². The fraction of sp³-hybridized carbons (Fsp3) is 0.286. The Morgan fingerprint density at radius 3 is 2.70 bits per heavy atom. The minimum Gasteiger partial charge on any atom is -0.497 e. The van der Waals surface area contributed by atoms with Gasteiger partial charge < -0.3 is 19.8 Å². The summed E-state index contributed by atoms with van der Waals surface area (Å²) in [7, 11) is 1.57. The molecule has 6 heteroatoms. The number of ether oxygens (including phenoxy) is 2. The van der Waals surface area contributed by atoms with Crippen LogP contribution in [0.4, 0.5) is 0 Å². The molecular weight excluding hydrogens is 256 g/mol. The molecule has 106 valence electrons. The Morgan fingerprint density at radius 1 is 1.35 bits per heavy atom. The van der Waals surface area contributed by atoms with E-state index in [0.29, 0.717) is 30.2 Å². The van der Waals surface area contributed by atoms with Crippen LogP contribution in [0.15, 0.2) is 30.6 Å². The molecule has 0 saturated carbocycles. The smallest absolute Gasteiger partial charge is 0.123 e. The minimum absolute atomic E-state index is 0.0146. The zero-order chi connectivity index (χ0) is 14.5. The van der Waals surface area contributed by atoms with Crippen LogP contribution < -0.4 is 15.2 Å². The quantitative estimate of drug-likeness (QED) is 0.618. The fourth-order valence-electron chi connectivity index (χ4n) is 1.83. The van der Waals surface area contributed by atoms with Gasteiger partial charge in [0.2, 0.25) is 0 Å². The van der Waals surface area contributed by atoms with Crippen LogP contribution in [0.2, 0.25) is 0 Å². The van der Waals surface area contributed by atoms with Gasteiger partial charge in [0.25, 0.3) is 0 Å². The van der Waals surface area contributed by atoms with Gasteiger partial charge in [0, 0.05) is 24.0 Å². The summed E-state index contributed by atoms with van der Waals surface area (Å²) < 4.78 is 12.9. The van der Waals surface area contributed by atoms with Crippen molar-refractivity contribution in [3.63, 3.8) is 0 Å². The largest absolute Gasteiger partial charge is 0.497 e. The molecule has 0 aliphatic carbocycles. The maximum Gasteiger partial charge on any atom is 0.123 e. The molecule has 0 fully saturated rings. The highest BCUT2D eigenvalue weighted by molar-refractivity contribution is 5.95. The van der Waals surface area contributed by atoms with Gasteiger partial charge in [-0.3, -0.25) is 5.41 Å². The molecule has 0 atom stereocenters. The zero-order valence-corrected chi connectivity index (χ0v) is 11.6. The van der Waals surface area contributed by atoms with E-state index in [1.54, 1.807) is 31.5 Å². The highest BCUT2D eigenvalue weighted by Gasteiger charge is 2.05. The number of amidine groups is 1. The SMILES string of the molecule is COc1cc(OCCn2ccnc2C)cc(C(=N)N)c1. The third-order valence-electron chi connectivity index (χ3n) is 2.95. The van der Waals surface area contributed by atoms with Crippen molar-refractivity contribution < 1.29 is 9.47 Å². The molecule has 0 bridgehead atoms. The Bertz CT molecular complexity index is 607. The molecule has 3 N–H and O–H groups in total. The first-order valence-electron chi connectivity index (χ1n) is 6.24. The van der Waals surface area contributed by atoms with E-state index >= 15 is 0 Å². The molecule has 0 aliphatic rings. The minimum atomic E-state index is -0.0146. The number of nitrogens with two attached hydrogens (primary N) is 1. The summed E-state index contributed by atoms with van der Waals surface area (Å²) in [5.41, 5.74) is 6.07. The Labute approximate surface area is 117 Å². The summed E-state index contributed by atoms with van der Waals surface area (Å²) in [4.78, 5) is 4.15. The molecule has 2 rings (SSSR count). The van der Waals surface area contributed by atoms with Crippen LogP contribution in [0.25, 0.3) is 0 Å². The molecule has 0 saturated heterocycles. The second-order valence-corrected chi connectivity index (χ2v) is 4.33. The lowest BCUT2D eigenvalue weighted by Crippen LogP contribution is -2.12. The number of hydrogen-bond acceptors (Lipinski definition) is 4. The Morgan fingerprint density at radius 2 is 2.10 bits per heavy atom. The lowest BCUT2D eigenvalue weighted by atomic mass is 10.2. The topological polar surface area (TPSA) is 86.2 Å². The number of nitrogens with one attached hydrogen (secondary N) is 1. The van der Waals surface area contributed by atoms with Gasteiger partial charge in [0.05, 0.1) is 13.7 Å². The van der Waals surface area contributed by atoms with Gasteiger partial charge in [-0.05, 0) is 19.1 Å². The summed E-state index contributed by atoms with van der Waals surface area (Å²) in [5.74, 6) is 2.18. The highest BCUT2D eigenvalue weighted by Crippen LogP contribution is 2.22. The van der Waals surface area contributed by atoms with Gasteiger partial charge in [-0.2, -0.15) is 0 Å². The normalized spacial score (nSPS) is 10.3. The molecule has 20 heavy (non-hydrogen) atoms. The first-order valence-corrected chi connectivity index (χ1v) is 6.24. The number of benzene rings is 1. The number of aromatic nitrogens is 2. The van der Waals surface area contributed by atoms with Gasteiger partial charge >= 0.3 is 0 Å². The van der Waals surface area contributed by atoms with Crippen LogP contribution in [0.1, 0.15) is 11.4 Å². The molecule has 1 heterocycles. The summed E-state index contributed by atoms with van der Waals surface area (Å²) in [6.45, 7) is 3.15. The number of nitrogen functional groups attached to an aromatic ring is 1. The second kappa shape index (κ2) is 6.10. The third kappa shape index (κ3) is 3.28. The van der Waals surface area contributed by atoms with Crippen molar-refractivity contribution in [1.82, 2.24) is 9.55 Å². The standard InChI is InChI=1S/C14H18N4O2/c1-10-17-3-4-18(10)5-6-20-13-8-11(14(15)16)7-12(9-13)19-2/h3-4,7-9H,5-6H2,1-2H3,(H3,15,16). The molecule has 0 unspecified atom stereocenters. The van der Waals surface area contributed by atoms with E-state index in [4.69, 9.17) is 20.6 Å². The molecule has 2 aromatic rings. The molecule has 0 spiro atoms. The van der Waals surface area contributed by atoms with Crippen LogP contribution in [0.5, 0.6) is 11.5 Å². The average molecular weight is 274 g/mol. The molecule has 1 aromatic carbocycles. The number of aryl methyl sites for hydroxylation is 1. The Kier molecular flexibility index (Phi) is 4.24. The van der Waals surface area contributed by atoms with Crippen molar-refractivity contribution in [2.75, 3.05) is 13.7 Å². The van der Waals surface area contributed by atoms with Gasteiger partial charge in [-0.15, -0.1) is 0 Å². The van der Waals surface area contributed by atoms with E-state index in [0.717, 1.165) is 5.82 Å². The highest BCUT2D eigenvalue weighted by atomic mass is 16.5. The van der Waals surface area contributed by atoms with Gasteiger partial charge in [-0.1, -0.05) is 0 Å². The van der Waals surface area contributed by atoms with Crippen LogP contribution in [0.3, 0.4) is 0 Å². The van der Waals surface area contributed by atoms with E-state index in [1.165, 1.54) is 0 Å². The first-order chi connectivity index (χ1) is 9.60. The summed E-state index contributed by atoms with van der Waals surface area (Å²) in [6.07, 6.45) is 3.67. The third-order valence-corrected chi connectivity index (χ3v) is 2.95. The maximum atomic E-state index is 7.48. The predicted octanol–water partition coefficient (Wildman–Crippen LogP) is 1.56. The lowest BCUT2D eigenvalue weighted by Gasteiger charge is -2.11. The number of methoxy groups -OCH3 is 1. The molecule has 6 nitrogen and oxygen atoms in total. The maximum absolute atomic E-state index is 7.48. The molecule has 0 radical (unpaired) electrons. The van der Waals surface area contributed by atoms with Crippen LogP contribution in [0, 0.1) is 12.3 Å². The van der Waals surface area contributed by atoms with Crippen molar-refractivity contribution in [3.05, 3.63) is 42.0 Å². The van der Waals surface area contributed by atoms with Crippen molar-refractivity contribution >= 4 is 5.84 Å². The van der Waals surface area contributed by atoms with E-state index in [9.17, 15) is 0 Å². The van der Waals surface area contributed by atoms with Crippen LogP contribution in [-0.2, 0) is 6.54 Å². The first kappa shape index (κ1) is 13.9. The number of nitrogens with zero attached hydrogens (tertiary/aromatic N) is 2. The van der Waals surface area contributed by atoms with Gasteiger partial charge in [-0.25, -0.2) is 4.98 Å². The Hall–Kier alpha value is -2.50. The van der Waals surface area contributed by atoms with E-state index in [1.807, 2.05) is 17.7 Å². The second-order valence-electron chi connectivity index (χ2n) is 4.33. The monoisotopic (exact) mass is 274 g/mol. The molecule has 0 amide bonds. The van der Waals surface area contributed by atoms with E-state index in [-0.39, 0.29) is 5.84 Å². The molecular formula is C14H18N4O2. The lowest BCUT2D eigenvalue weighted by molar-refractivity contribution is 0.295. The van der Waals surface area contributed by atoms with Gasteiger partial charge in [0.1, 0.15) is 29.8 Å². The average Bonchev–Trinajstić information content (AvgIpc) is 2.84. The fourth-order valence-corrected chi connectivity index (χ4v) is 1.83. The van der Waals surface area contributed by atoms with Crippen molar-refractivity contribution in [1.29, 1.82) is 5.41 Å². The van der Waals surface area contributed by atoms with Crippen molar-refractivity contribution in [2.45, 2.75) is 13.5 Å². The number of imidazole rings is 1. The van der Waals surface area contributed by atoms with Crippen LogP contribution >= 0.6 is 0 Å². The summed E-state index contributed by atoms with van der Waals surface area (Å²) >= 11 is 0. The predicted molar refractivity (Wildman–Crippen MR) is 76.5 cm³/mol.